The largest absolute Gasteiger partial charge is 0.489 e. The van der Waals surface area contributed by atoms with Gasteiger partial charge in [0.05, 0.1) is 11.5 Å². The van der Waals surface area contributed by atoms with Gasteiger partial charge in [-0.3, -0.25) is 4.79 Å². The van der Waals surface area contributed by atoms with Crippen molar-refractivity contribution in [2.24, 2.45) is 5.10 Å². The predicted molar refractivity (Wildman–Crippen MR) is 122 cm³/mol. The van der Waals surface area contributed by atoms with Crippen LogP contribution in [0.25, 0.3) is 0 Å². The van der Waals surface area contributed by atoms with Crippen molar-refractivity contribution in [3.05, 3.63) is 94.5 Å². The van der Waals surface area contributed by atoms with E-state index in [1.807, 2.05) is 85.8 Å². The number of thioether (sulfide) groups is 1. The minimum Gasteiger partial charge on any atom is -0.489 e. The van der Waals surface area contributed by atoms with Crippen LogP contribution < -0.4 is 10.2 Å². The van der Waals surface area contributed by atoms with E-state index >= 15 is 0 Å². The number of rotatable bonds is 8. The van der Waals surface area contributed by atoms with Gasteiger partial charge in [0.2, 0.25) is 0 Å². The summed E-state index contributed by atoms with van der Waals surface area (Å²) in [7, 11) is 0. The molecule has 1 unspecified atom stereocenters. The van der Waals surface area contributed by atoms with Gasteiger partial charge in [-0.25, -0.2) is 5.43 Å². The molecule has 0 radical (unpaired) electrons. The van der Waals surface area contributed by atoms with Crippen molar-refractivity contribution in [2.45, 2.75) is 23.7 Å². The molecule has 148 valence electrons. The Kier molecular flexibility index (Phi) is 7.90. The number of amides is 1. The lowest BCUT2D eigenvalue weighted by Gasteiger charge is -2.09. The van der Waals surface area contributed by atoms with Gasteiger partial charge in [-0.2, -0.15) is 5.10 Å². The van der Waals surface area contributed by atoms with Crippen LogP contribution >= 0.6 is 27.7 Å². The first-order valence-electron chi connectivity index (χ1n) is 9.12. The van der Waals surface area contributed by atoms with Crippen molar-refractivity contribution in [1.82, 2.24) is 5.43 Å². The smallest absolute Gasteiger partial charge is 0.253 e. The number of nitrogens with zero attached hydrogens (tertiary/aromatic N) is 1. The summed E-state index contributed by atoms with van der Waals surface area (Å²) in [4.78, 5) is 13.2. The summed E-state index contributed by atoms with van der Waals surface area (Å²) in [5, 5.41) is 3.82. The lowest BCUT2D eigenvalue weighted by Crippen LogP contribution is -2.26. The third-order valence-corrected chi connectivity index (χ3v) is 5.65. The van der Waals surface area contributed by atoms with E-state index in [4.69, 9.17) is 4.74 Å². The summed E-state index contributed by atoms with van der Waals surface area (Å²) in [5.74, 6) is 0.645. The molecule has 4 nitrogen and oxygen atoms in total. The van der Waals surface area contributed by atoms with Crippen molar-refractivity contribution in [2.75, 3.05) is 0 Å². The molecule has 0 heterocycles. The first kappa shape index (κ1) is 21.1. The fourth-order valence-electron chi connectivity index (χ4n) is 2.42. The van der Waals surface area contributed by atoms with Gasteiger partial charge in [-0.15, -0.1) is 11.8 Å². The van der Waals surface area contributed by atoms with E-state index < -0.39 is 0 Å². The van der Waals surface area contributed by atoms with Gasteiger partial charge < -0.3 is 4.74 Å². The van der Waals surface area contributed by atoms with Crippen LogP contribution in [-0.2, 0) is 11.4 Å². The molecular weight excluding hydrogens is 448 g/mol. The Hall–Kier alpha value is -2.57. The van der Waals surface area contributed by atoms with Crippen molar-refractivity contribution >= 4 is 39.8 Å². The van der Waals surface area contributed by atoms with Gasteiger partial charge >= 0.3 is 0 Å². The molecule has 1 N–H and O–H groups in total. The third-order valence-electron chi connectivity index (χ3n) is 4.01. The molecule has 0 saturated carbocycles. The zero-order chi connectivity index (χ0) is 20.5. The number of hydrogen-bond donors (Lipinski definition) is 1. The Labute approximate surface area is 183 Å². The van der Waals surface area contributed by atoms with Crippen LogP contribution in [0.2, 0.25) is 0 Å². The molecule has 0 aliphatic heterocycles. The monoisotopic (exact) mass is 468 g/mol. The highest BCUT2D eigenvalue weighted by molar-refractivity contribution is 9.10. The summed E-state index contributed by atoms with van der Waals surface area (Å²) in [6.45, 7) is 2.37. The molecular formula is C23H21BrN2O2S. The summed E-state index contributed by atoms with van der Waals surface area (Å²) < 4.78 is 6.83. The predicted octanol–water partition coefficient (Wildman–Crippen LogP) is 5.66. The number of hydrazone groups is 1. The minimum absolute atomic E-state index is 0.135. The number of hydrogen-bond acceptors (Lipinski definition) is 4. The third kappa shape index (κ3) is 7.07. The second kappa shape index (κ2) is 10.8. The lowest BCUT2D eigenvalue weighted by atomic mass is 10.2. The maximum Gasteiger partial charge on any atom is 0.253 e. The molecule has 3 rings (SSSR count). The van der Waals surface area contributed by atoms with Gasteiger partial charge in [-0.05, 0) is 66.6 Å². The second-order valence-electron chi connectivity index (χ2n) is 6.29. The fraction of sp³-hybridized carbons (Fsp3) is 0.130. The molecule has 1 atom stereocenters. The van der Waals surface area contributed by atoms with Crippen LogP contribution in [-0.4, -0.2) is 17.4 Å². The number of nitrogens with one attached hydrogen (secondary N) is 1. The van der Waals surface area contributed by atoms with Gasteiger partial charge in [0.25, 0.3) is 5.91 Å². The lowest BCUT2D eigenvalue weighted by molar-refractivity contribution is -0.120. The molecule has 0 bridgehead atoms. The summed E-state index contributed by atoms with van der Waals surface area (Å²) in [6.07, 6.45) is 1.62. The zero-order valence-electron chi connectivity index (χ0n) is 15.9. The normalized spacial score (nSPS) is 11.9. The first-order valence-corrected chi connectivity index (χ1v) is 10.8. The highest BCUT2D eigenvalue weighted by Gasteiger charge is 2.13. The van der Waals surface area contributed by atoms with Crippen molar-refractivity contribution in [3.8, 4) is 5.75 Å². The second-order valence-corrected chi connectivity index (χ2v) is 8.62. The van der Waals surface area contributed by atoms with E-state index in [1.54, 1.807) is 6.21 Å². The molecule has 6 heteroatoms. The van der Waals surface area contributed by atoms with Crippen molar-refractivity contribution in [1.29, 1.82) is 0 Å². The summed E-state index contributed by atoms with van der Waals surface area (Å²) >= 11 is 4.92. The fourth-order valence-corrected chi connectivity index (χ4v) is 3.56. The van der Waals surface area contributed by atoms with Gasteiger partial charge in [0.15, 0.2) is 0 Å². The average molecular weight is 469 g/mol. The summed E-state index contributed by atoms with van der Waals surface area (Å²) in [5.41, 5.74) is 4.57. The molecule has 0 fully saturated rings. The number of carbonyl (C=O) groups excluding carboxylic acids is 1. The topological polar surface area (TPSA) is 50.7 Å². The SMILES string of the molecule is CC(Sc1ccccc1)C(=O)NN=Cc1ccc(OCc2ccc(Br)cc2)cc1. The van der Waals surface area contributed by atoms with Crippen LogP contribution in [0, 0.1) is 0 Å². The molecule has 0 aromatic heterocycles. The minimum atomic E-state index is -0.232. The molecule has 3 aromatic rings. The molecule has 0 saturated heterocycles. The molecule has 29 heavy (non-hydrogen) atoms. The standard InChI is InChI=1S/C23H21BrN2O2S/c1-17(29-22-5-3-2-4-6-22)23(27)26-25-15-18-9-13-21(14-10-18)28-16-19-7-11-20(24)12-8-19/h2-15,17H,16H2,1H3,(H,26,27). The highest BCUT2D eigenvalue weighted by Crippen LogP contribution is 2.22. The van der Waals surface area contributed by atoms with E-state index in [2.05, 4.69) is 26.5 Å². The molecule has 3 aromatic carbocycles. The van der Waals surface area contributed by atoms with Crippen LogP contribution in [0.1, 0.15) is 18.1 Å². The van der Waals surface area contributed by atoms with E-state index in [-0.39, 0.29) is 11.2 Å². The van der Waals surface area contributed by atoms with Gasteiger partial charge in [-0.1, -0.05) is 46.3 Å². The number of carbonyl (C=O) groups is 1. The van der Waals surface area contributed by atoms with Crippen LogP contribution in [0.15, 0.2) is 93.3 Å². The van der Waals surface area contributed by atoms with Crippen molar-refractivity contribution < 1.29 is 9.53 Å². The molecule has 0 aliphatic rings. The summed E-state index contributed by atoms with van der Waals surface area (Å²) in [6, 6.07) is 25.4. The van der Waals surface area contributed by atoms with E-state index in [9.17, 15) is 4.79 Å². The zero-order valence-corrected chi connectivity index (χ0v) is 18.3. The number of ether oxygens (including phenoxy) is 1. The van der Waals surface area contributed by atoms with Crippen molar-refractivity contribution in [3.63, 3.8) is 0 Å². The van der Waals surface area contributed by atoms with Crippen LogP contribution in [0.4, 0.5) is 0 Å². The average Bonchev–Trinajstić information content (AvgIpc) is 2.75. The number of benzene rings is 3. The van der Waals surface area contributed by atoms with Gasteiger partial charge in [0.1, 0.15) is 12.4 Å². The quantitative estimate of drug-likeness (QED) is 0.263. The Balaban J connectivity index is 1.45. The maximum atomic E-state index is 12.2. The maximum absolute atomic E-state index is 12.2. The molecule has 1 amide bonds. The van der Waals surface area contributed by atoms with Crippen LogP contribution in [0.5, 0.6) is 5.75 Å². The molecule has 0 spiro atoms. The Bertz CT molecular complexity index is 945. The highest BCUT2D eigenvalue weighted by atomic mass is 79.9. The van der Waals surface area contributed by atoms with E-state index in [1.165, 1.54) is 11.8 Å². The van der Waals surface area contributed by atoms with E-state index in [0.29, 0.717) is 6.61 Å². The van der Waals surface area contributed by atoms with E-state index in [0.717, 1.165) is 26.2 Å². The Morgan fingerprint density at radius 1 is 1.07 bits per heavy atom. The number of halogens is 1. The van der Waals surface area contributed by atoms with Crippen LogP contribution in [0.3, 0.4) is 0 Å². The molecule has 0 aliphatic carbocycles. The Morgan fingerprint density at radius 3 is 2.45 bits per heavy atom. The van der Waals surface area contributed by atoms with Gasteiger partial charge in [0, 0.05) is 9.37 Å². The first-order chi connectivity index (χ1) is 14.1. The Morgan fingerprint density at radius 2 is 1.76 bits per heavy atom.